The van der Waals surface area contributed by atoms with E-state index in [-0.39, 0.29) is 0 Å². The number of pyridine rings is 1. The molecule has 0 unspecified atom stereocenters. The van der Waals surface area contributed by atoms with Crippen molar-refractivity contribution in [3.63, 3.8) is 0 Å². The zero-order valence-corrected chi connectivity index (χ0v) is 10.6. The molecule has 5 nitrogen and oxygen atoms in total. The van der Waals surface area contributed by atoms with Gasteiger partial charge in [0.05, 0.1) is 11.9 Å². The van der Waals surface area contributed by atoms with Gasteiger partial charge in [-0.2, -0.15) is 13.2 Å². The molecule has 1 aromatic rings. The molecule has 1 aliphatic heterocycles. The molecule has 0 bridgehead atoms. The largest absolute Gasteiger partial charge is 0.440 e. The molecule has 1 aliphatic rings. The Hall–Kier alpha value is -1.99. The summed E-state index contributed by atoms with van der Waals surface area (Å²) in [5, 5.41) is 2.19. The lowest BCUT2D eigenvalue weighted by Crippen LogP contribution is -2.23. The number of aromatic nitrogens is 1. The van der Waals surface area contributed by atoms with Crippen LogP contribution in [0.1, 0.15) is 12.8 Å². The summed E-state index contributed by atoms with van der Waals surface area (Å²) < 4.78 is 39.6. The molecule has 0 saturated carbocycles. The first-order valence-corrected chi connectivity index (χ1v) is 6.15. The number of carbonyl (C=O) groups is 1. The van der Waals surface area contributed by atoms with Gasteiger partial charge in [0.15, 0.2) is 6.61 Å². The van der Waals surface area contributed by atoms with Crippen LogP contribution in [0.25, 0.3) is 0 Å². The maximum Gasteiger partial charge on any atom is 0.422 e. The minimum absolute atomic E-state index is 0.292. The fourth-order valence-corrected chi connectivity index (χ4v) is 1.89. The zero-order valence-electron chi connectivity index (χ0n) is 10.6. The van der Waals surface area contributed by atoms with E-state index in [1.54, 1.807) is 12.1 Å². The zero-order chi connectivity index (χ0) is 14.6. The maximum absolute atomic E-state index is 11.9. The van der Waals surface area contributed by atoms with Crippen molar-refractivity contribution in [3.05, 3.63) is 18.3 Å². The second kappa shape index (κ2) is 5.98. The van der Waals surface area contributed by atoms with Crippen molar-refractivity contribution in [1.82, 2.24) is 4.98 Å². The second-order valence-corrected chi connectivity index (χ2v) is 4.42. The van der Waals surface area contributed by atoms with Crippen LogP contribution in [0.4, 0.5) is 29.5 Å². The number of halogens is 3. The van der Waals surface area contributed by atoms with E-state index in [2.05, 4.69) is 19.9 Å². The van der Waals surface area contributed by atoms with Crippen LogP contribution < -0.4 is 10.2 Å². The van der Waals surface area contributed by atoms with Crippen LogP contribution in [0.3, 0.4) is 0 Å². The van der Waals surface area contributed by atoms with Crippen molar-refractivity contribution in [3.8, 4) is 0 Å². The maximum atomic E-state index is 11.9. The average Bonchev–Trinajstić information content (AvgIpc) is 2.90. The number of alkyl halides is 3. The minimum Gasteiger partial charge on any atom is -0.440 e. The van der Waals surface area contributed by atoms with Gasteiger partial charge in [0.2, 0.25) is 0 Å². The van der Waals surface area contributed by atoms with Crippen LogP contribution in [0.2, 0.25) is 0 Å². The van der Waals surface area contributed by atoms with Gasteiger partial charge in [0.25, 0.3) is 0 Å². The first-order valence-electron chi connectivity index (χ1n) is 6.15. The highest BCUT2D eigenvalue weighted by atomic mass is 19.4. The lowest BCUT2D eigenvalue weighted by Gasteiger charge is -2.16. The number of hydrogen-bond donors (Lipinski definition) is 1. The fraction of sp³-hybridized carbons (Fsp3) is 0.500. The Balaban J connectivity index is 1.85. The van der Waals surface area contributed by atoms with Crippen LogP contribution in [0, 0.1) is 0 Å². The molecular formula is C12H14F3N3O2. The first-order chi connectivity index (χ1) is 9.44. The Morgan fingerprint density at radius 3 is 2.60 bits per heavy atom. The lowest BCUT2D eigenvalue weighted by molar-refractivity contribution is -0.159. The van der Waals surface area contributed by atoms with E-state index in [0.717, 1.165) is 31.7 Å². The summed E-state index contributed by atoms with van der Waals surface area (Å²) in [6.07, 6.45) is -2.06. The van der Waals surface area contributed by atoms with Crippen LogP contribution in [0.15, 0.2) is 18.3 Å². The molecule has 1 saturated heterocycles. The Labute approximate surface area is 113 Å². The molecule has 2 rings (SSSR count). The fourth-order valence-electron chi connectivity index (χ4n) is 1.89. The van der Waals surface area contributed by atoms with Gasteiger partial charge < -0.3 is 9.64 Å². The van der Waals surface area contributed by atoms with E-state index in [0.29, 0.717) is 5.69 Å². The summed E-state index contributed by atoms with van der Waals surface area (Å²) >= 11 is 0. The van der Waals surface area contributed by atoms with Crippen molar-refractivity contribution in [2.24, 2.45) is 0 Å². The summed E-state index contributed by atoms with van der Waals surface area (Å²) in [7, 11) is 0. The number of nitrogens with zero attached hydrogens (tertiary/aromatic N) is 2. The summed E-state index contributed by atoms with van der Waals surface area (Å²) in [5.74, 6) is 0.789. The molecule has 2 heterocycles. The molecule has 0 radical (unpaired) electrons. The molecule has 1 aromatic heterocycles. The van der Waals surface area contributed by atoms with Crippen LogP contribution in [0.5, 0.6) is 0 Å². The second-order valence-electron chi connectivity index (χ2n) is 4.42. The summed E-state index contributed by atoms with van der Waals surface area (Å²) in [6.45, 7) is 0.263. The van der Waals surface area contributed by atoms with E-state index in [4.69, 9.17) is 0 Å². The van der Waals surface area contributed by atoms with Crippen molar-refractivity contribution in [2.75, 3.05) is 29.9 Å². The third-order valence-electron chi connectivity index (χ3n) is 2.79. The predicted molar refractivity (Wildman–Crippen MR) is 66.7 cm³/mol. The molecule has 1 N–H and O–H groups in total. The quantitative estimate of drug-likeness (QED) is 0.929. The molecule has 0 spiro atoms. The summed E-state index contributed by atoms with van der Waals surface area (Å²) in [5.41, 5.74) is 0.292. The highest BCUT2D eigenvalue weighted by Gasteiger charge is 2.29. The van der Waals surface area contributed by atoms with Gasteiger partial charge in [-0.15, -0.1) is 0 Å². The summed E-state index contributed by atoms with van der Waals surface area (Å²) in [4.78, 5) is 17.4. The highest BCUT2D eigenvalue weighted by Crippen LogP contribution is 2.19. The molecule has 20 heavy (non-hydrogen) atoms. The van der Waals surface area contributed by atoms with Gasteiger partial charge >= 0.3 is 12.3 Å². The molecule has 8 heteroatoms. The van der Waals surface area contributed by atoms with Crippen LogP contribution >= 0.6 is 0 Å². The molecule has 1 fully saturated rings. The van der Waals surface area contributed by atoms with Gasteiger partial charge in [0, 0.05) is 13.1 Å². The number of anilines is 2. The molecule has 0 aliphatic carbocycles. The topological polar surface area (TPSA) is 54.5 Å². The number of nitrogens with one attached hydrogen (secondary N) is 1. The number of hydrogen-bond acceptors (Lipinski definition) is 4. The third kappa shape index (κ3) is 4.29. The predicted octanol–water partition coefficient (Wildman–Crippen LogP) is 2.79. The van der Waals surface area contributed by atoms with Crippen molar-refractivity contribution in [2.45, 2.75) is 19.0 Å². The minimum atomic E-state index is -4.53. The molecule has 1 amide bonds. The SMILES string of the molecule is O=C(Nc1ccc(N2CCCC2)nc1)OCC(F)(F)F. The number of amides is 1. The number of carbonyl (C=O) groups excluding carboxylic acids is 1. The highest BCUT2D eigenvalue weighted by molar-refractivity contribution is 5.84. The molecular weight excluding hydrogens is 275 g/mol. The summed E-state index contributed by atoms with van der Waals surface area (Å²) in [6, 6.07) is 3.29. The smallest absolute Gasteiger partial charge is 0.422 e. The van der Waals surface area contributed by atoms with Gasteiger partial charge in [-0.25, -0.2) is 9.78 Å². The van der Waals surface area contributed by atoms with Gasteiger partial charge in [0.1, 0.15) is 5.82 Å². The normalized spacial score (nSPS) is 15.2. The van der Waals surface area contributed by atoms with E-state index < -0.39 is 18.9 Å². The first kappa shape index (κ1) is 14.4. The van der Waals surface area contributed by atoms with Crippen molar-refractivity contribution < 1.29 is 22.7 Å². The average molecular weight is 289 g/mol. The Kier molecular flexibility index (Phi) is 4.31. The Morgan fingerprint density at radius 2 is 2.05 bits per heavy atom. The monoisotopic (exact) mass is 289 g/mol. The van der Waals surface area contributed by atoms with E-state index in [9.17, 15) is 18.0 Å². The molecule has 0 aromatic carbocycles. The van der Waals surface area contributed by atoms with Gasteiger partial charge in [-0.1, -0.05) is 0 Å². The molecule has 0 atom stereocenters. The van der Waals surface area contributed by atoms with E-state index in [1.165, 1.54) is 6.20 Å². The van der Waals surface area contributed by atoms with Crippen molar-refractivity contribution >= 4 is 17.6 Å². The lowest BCUT2D eigenvalue weighted by atomic mass is 10.4. The number of ether oxygens (including phenoxy) is 1. The Bertz CT molecular complexity index is 456. The van der Waals surface area contributed by atoms with Crippen molar-refractivity contribution in [1.29, 1.82) is 0 Å². The van der Waals surface area contributed by atoms with E-state index in [1.807, 2.05) is 0 Å². The standard InChI is InChI=1S/C12H14F3N3O2/c13-12(14,15)8-20-11(19)17-9-3-4-10(16-7-9)18-5-1-2-6-18/h3-4,7H,1-2,5-6,8H2,(H,17,19). The third-order valence-corrected chi connectivity index (χ3v) is 2.79. The number of rotatable bonds is 3. The van der Waals surface area contributed by atoms with E-state index >= 15 is 0 Å². The van der Waals surface area contributed by atoms with Crippen LogP contribution in [-0.4, -0.2) is 36.9 Å². The molecule has 110 valence electrons. The van der Waals surface area contributed by atoms with Gasteiger partial charge in [-0.3, -0.25) is 5.32 Å². The Morgan fingerprint density at radius 1 is 1.35 bits per heavy atom. The van der Waals surface area contributed by atoms with Crippen LogP contribution in [-0.2, 0) is 4.74 Å². The van der Waals surface area contributed by atoms with Gasteiger partial charge in [-0.05, 0) is 25.0 Å².